The molecule has 2 fully saturated rings. The minimum absolute atomic E-state index is 0.210. The monoisotopic (exact) mass is 276 g/mol. The van der Waals surface area contributed by atoms with Crippen molar-refractivity contribution < 1.29 is 9.90 Å². The number of aryl methyl sites for hydroxylation is 1. The Morgan fingerprint density at radius 2 is 2.15 bits per heavy atom. The van der Waals surface area contributed by atoms with E-state index in [0.29, 0.717) is 19.6 Å². The van der Waals surface area contributed by atoms with Gasteiger partial charge in [0.15, 0.2) is 0 Å². The van der Waals surface area contributed by atoms with Crippen LogP contribution in [-0.2, 0) is 11.3 Å². The number of hydrogen-bond acceptors (Lipinski definition) is 5. The van der Waals surface area contributed by atoms with Gasteiger partial charge in [0.25, 0.3) is 0 Å². The Bertz CT molecular complexity index is 536. The number of aliphatic carboxylic acids is 1. The third kappa shape index (κ3) is 2.09. The van der Waals surface area contributed by atoms with Crippen LogP contribution in [0.15, 0.2) is 12.4 Å². The molecule has 3 rings (SSSR count). The quantitative estimate of drug-likeness (QED) is 0.852. The summed E-state index contributed by atoms with van der Waals surface area (Å²) < 4.78 is 0. The van der Waals surface area contributed by atoms with Crippen LogP contribution in [0.3, 0.4) is 0 Å². The van der Waals surface area contributed by atoms with Crippen LogP contribution in [-0.4, -0.2) is 64.1 Å². The maximum Gasteiger partial charge on any atom is 0.312 e. The summed E-state index contributed by atoms with van der Waals surface area (Å²) in [6.45, 7) is 5.57. The average Bonchev–Trinajstić information content (AvgIpc) is 2.85. The number of carbonyl (C=O) groups is 1. The van der Waals surface area contributed by atoms with Gasteiger partial charge in [-0.15, -0.1) is 0 Å². The van der Waals surface area contributed by atoms with E-state index in [1.54, 1.807) is 12.4 Å². The van der Waals surface area contributed by atoms with E-state index in [4.69, 9.17) is 0 Å². The number of likely N-dealkylation sites (tertiary alicyclic amines) is 2. The van der Waals surface area contributed by atoms with Crippen molar-refractivity contribution in [1.29, 1.82) is 0 Å². The molecule has 2 aliphatic heterocycles. The fourth-order valence-electron chi connectivity index (χ4n) is 3.65. The average molecular weight is 276 g/mol. The number of carboxylic acids is 1. The summed E-state index contributed by atoms with van der Waals surface area (Å²) >= 11 is 0. The maximum atomic E-state index is 11.7. The Kier molecular flexibility index (Phi) is 3.22. The largest absolute Gasteiger partial charge is 0.481 e. The van der Waals surface area contributed by atoms with Gasteiger partial charge in [-0.25, -0.2) is 0 Å². The van der Waals surface area contributed by atoms with Gasteiger partial charge >= 0.3 is 5.97 Å². The van der Waals surface area contributed by atoms with Crippen molar-refractivity contribution in [3.05, 3.63) is 23.8 Å². The Balaban J connectivity index is 1.77. The van der Waals surface area contributed by atoms with Crippen LogP contribution in [0.5, 0.6) is 0 Å². The molecule has 6 nitrogen and oxygen atoms in total. The van der Waals surface area contributed by atoms with Crippen LogP contribution >= 0.6 is 0 Å². The van der Waals surface area contributed by atoms with Crippen molar-refractivity contribution in [3.8, 4) is 0 Å². The molecule has 1 aromatic rings. The first-order chi connectivity index (χ1) is 9.51. The Labute approximate surface area is 118 Å². The number of nitrogens with zero attached hydrogens (tertiary/aromatic N) is 4. The van der Waals surface area contributed by atoms with E-state index in [9.17, 15) is 9.90 Å². The van der Waals surface area contributed by atoms with Crippen molar-refractivity contribution in [2.45, 2.75) is 13.5 Å². The topological polar surface area (TPSA) is 69.6 Å². The number of rotatable bonds is 3. The first-order valence-electron chi connectivity index (χ1n) is 6.92. The molecule has 0 amide bonds. The molecular formula is C14H20N4O2. The van der Waals surface area contributed by atoms with E-state index < -0.39 is 11.4 Å². The van der Waals surface area contributed by atoms with Crippen molar-refractivity contribution in [2.75, 3.05) is 33.2 Å². The lowest BCUT2D eigenvalue weighted by Gasteiger charge is -2.24. The second kappa shape index (κ2) is 4.79. The molecule has 0 aliphatic carbocycles. The van der Waals surface area contributed by atoms with E-state index in [1.807, 2.05) is 14.0 Å². The molecule has 0 saturated carbocycles. The third-order valence-electron chi connectivity index (χ3n) is 4.63. The summed E-state index contributed by atoms with van der Waals surface area (Å²) in [4.78, 5) is 24.7. The van der Waals surface area contributed by atoms with E-state index in [1.165, 1.54) is 0 Å². The second-order valence-electron chi connectivity index (χ2n) is 6.11. The number of fused-ring (bicyclic) bond motifs is 1. The minimum atomic E-state index is -0.662. The Morgan fingerprint density at radius 3 is 2.80 bits per heavy atom. The maximum absolute atomic E-state index is 11.7. The lowest BCUT2D eigenvalue weighted by atomic mass is 9.81. The molecule has 1 N–H and O–H groups in total. The number of hydrogen-bond donors (Lipinski definition) is 1. The molecule has 6 heteroatoms. The fourth-order valence-corrected chi connectivity index (χ4v) is 3.65. The van der Waals surface area contributed by atoms with Gasteiger partial charge in [0.05, 0.1) is 16.8 Å². The van der Waals surface area contributed by atoms with Crippen molar-refractivity contribution in [1.82, 2.24) is 19.8 Å². The molecule has 0 bridgehead atoms. The summed E-state index contributed by atoms with van der Waals surface area (Å²) in [5.41, 5.74) is 1.26. The minimum Gasteiger partial charge on any atom is -0.481 e. The summed E-state index contributed by atoms with van der Waals surface area (Å²) in [6.07, 6.45) is 3.38. The molecule has 0 radical (unpaired) electrons. The molecule has 2 saturated heterocycles. The molecule has 1 aromatic heterocycles. The van der Waals surface area contributed by atoms with E-state index in [0.717, 1.165) is 24.5 Å². The SMILES string of the molecule is Cc1nccnc1CN1C[C@H]2CN(C)C[C@@]2(C(=O)O)C1. The third-order valence-corrected chi connectivity index (χ3v) is 4.63. The smallest absolute Gasteiger partial charge is 0.312 e. The van der Waals surface area contributed by atoms with Gasteiger partial charge in [-0.2, -0.15) is 0 Å². The molecule has 0 unspecified atom stereocenters. The van der Waals surface area contributed by atoms with Crippen LogP contribution in [0.1, 0.15) is 11.4 Å². The van der Waals surface area contributed by atoms with Crippen LogP contribution in [0.4, 0.5) is 0 Å². The Hall–Kier alpha value is -1.53. The molecule has 3 heterocycles. The van der Waals surface area contributed by atoms with Gasteiger partial charge in [-0.05, 0) is 14.0 Å². The summed E-state index contributed by atoms with van der Waals surface area (Å²) in [6, 6.07) is 0. The van der Waals surface area contributed by atoms with Crippen LogP contribution in [0.25, 0.3) is 0 Å². The van der Waals surface area contributed by atoms with Gasteiger partial charge in [0.2, 0.25) is 0 Å². The highest BCUT2D eigenvalue weighted by molar-refractivity contribution is 5.77. The van der Waals surface area contributed by atoms with E-state index >= 15 is 0 Å². The molecule has 0 spiro atoms. The summed E-state index contributed by atoms with van der Waals surface area (Å²) in [5.74, 6) is -0.452. The lowest BCUT2D eigenvalue weighted by molar-refractivity contribution is -0.148. The first kappa shape index (κ1) is 13.5. The second-order valence-corrected chi connectivity index (χ2v) is 6.11. The van der Waals surface area contributed by atoms with E-state index in [2.05, 4.69) is 19.8 Å². The number of aromatic nitrogens is 2. The van der Waals surface area contributed by atoms with Crippen LogP contribution in [0.2, 0.25) is 0 Å². The zero-order valence-corrected chi connectivity index (χ0v) is 11.9. The zero-order chi connectivity index (χ0) is 14.3. The van der Waals surface area contributed by atoms with Gasteiger partial charge in [0.1, 0.15) is 0 Å². The van der Waals surface area contributed by atoms with E-state index in [-0.39, 0.29) is 5.92 Å². The van der Waals surface area contributed by atoms with Gasteiger partial charge in [-0.3, -0.25) is 19.7 Å². The van der Waals surface area contributed by atoms with Crippen LogP contribution < -0.4 is 0 Å². The Morgan fingerprint density at radius 1 is 1.40 bits per heavy atom. The molecule has 20 heavy (non-hydrogen) atoms. The summed E-state index contributed by atoms with van der Waals surface area (Å²) in [7, 11) is 2.00. The van der Waals surface area contributed by atoms with Crippen LogP contribution in [0, 0.1) is 18.3 Å². The number of carboxylic acid groups (broad SMARTS) is 1. The summed E-state index contributed by atoms with van der Waals surface area (Å²) in [5, 5.41) is 9.65. The highest BCUT2D eigenvalue weighted by Gasteiger charge is 2.56. The first-order valence-corrected chi connectivity index (χ1v) is 6.92. The predicted molar refractivity (Wildman–Crippen MR) is 73.1 cm³/mol. The van der Waals surface area contributed by atoms with Crippen molar-refractivity contribution in [2.24, 2.45) is 11.3 Å². The van der Waals surface area contributed by atoms with Crippen molar-refractivity contribution >= 4 is 5.97 Å². The standard InChI is InChI=1S/C14H20N4O2/c1-10-12(16-4-3-15-10)7-18-6-11-5-17(2)8-14(11,9-18)13(19)20/h3-4,11H,5-9H2,1-2H3,(H,19,20)/t11-,14-/m1/s1. The van der Waals surface area contributed by atoms with Gasteiger partial charge in [-0.1, -0.05) is 0 Å². The van der Waals surface area contributed by atoms with Gasteiger partial charge in [0, 0.05) is 51.0 Å². The highest BCUT2D eigenvalue weighted by atomic mass is 16.4. The zero-order valence-electron chi connectivity index (χ0n) is 11.9. The molecule has 2 atom stereocenters. The molecule has 108 valence electrons. The van der Waals surface area contributed by atoms with Gasteiger partial charge < -0.3 is 10.0 Å². The molecule has 2 aliphatic rings. The molecular weight excluding hydrogens is 256 g/mol. The fraction of sp³-hybridized carbons (Fsp3) is 0.643. The molecule has 0 aromatic carbocycles. The lowest BCUT2D eigenvalue weighted by Crippen LogP contribution is -2.40. The van der Waals surface area contributed by atoms with Crippen molar-refractivity contribution in [3.63, 3.8) is 0 Å². The predicted octanol–water partition coefficient (Wildman–Crippen LogP) is 0.233. The highest BCUT2D eigenvalue weighted by Crippen LogP contribution is 2.42. The normalized spacial score (nSPS) is 30.6.